The Hall–Kier alpha value is -2.60. The number of hydrazone groups is 1. The Morgan fingerprint density at radius 1 is 1.33 bits per heavy atom. The van der Waals surface area contributed by atoms with Crippen molar-refractivity contribution in [1.29, 1.82) is 0 Å². The summed E-state index contributed by atoms with van der Waals surface area (Å²) in [6.45, 7) is 5.39. The number of hydrogen-bond donors (Lipinski definition) is 2. The minimum absolute atomic E-state index is 0.270. The van der Waals surface area contributed by atoms with Gasteiger partial charge in [0, 0.05) is 16.3 Å². The third-order valence-corrected chi connectivity index (χ3v) is 3.76. The Bertz CT molecular complexity index is 796. The average molecular weight is 348 g/mol. The number of aromatic nitrogens is 1. The maximum Gasteiger partial charge on any atom is 0.340 e. The van der Waals surface area contributed by atoms with Crippen molar-refractivity contribution in [3.63, 3.8) is 0 Å². The van der Waals surface area contributed by atoms with Gasteiger partial charge in [-0.3, -0.25) is 4.79 Å². The van der Waals surface area contributed by atoms with E-state index in [9.17, 15) is 9.59 Å². The molecule has 0 saturated carbocycles. The first-order valence-corrected chi connectivity index (χ1v) is 7.77. The number of rotatable bonds is 5. The van der Waals surface area contributed by atoms with Gasteiger partial charge in [0.2, 0.25) is 0 Å². The predicted octanol–water partition coefficient (Wildman–Crippen LogP) is 3.23. The number of carbonyl (C=O) groups is 2. The van der Waals surface area contributed by atoms with Gasteiger partial charge in [-0.1, -0.05) is 29.8 Å². The molecule has 0 saturated heterocycles. The van der Waals surface area contributed by atoms with Crippen LogP contribution in [0.15, 0.2) is 29.4 Å². The van der Waals surface area contributed by atoms with Gasteiger partial charge in [0.15, 0.2) is 0 Å². The average Bonchev–Trinajstić information content (AvgIpc) is 2.84. The molecule has 0 bridgehead atoms. The molecule has 0 radical (unpaired) electrons. The van der Waals surface area contributed by atoms with E-state index in [0.29, 0.717) is 27.4 Å². The lowest BCUT2D eigenvalue weighted by atomic mass is 10.1. The zero-order valence-corrected chi connectivity index (χ0v) is 14.4. The van der Waals surface area contributed by atoms with E-state index in [4.69, 9.17) is 16.3 Å². The van der Waals surface area contributed by atoms with Crippen LogP contribution in [0, 0.1) is 13.8 Å². The number of benzene rings is 1. The molecule has 24 heavy (non-hydrogen) atoms. The molecule has 1 heterocycles. The standard InChI is InChI=1S/C17H18ClN3O3/c1-4-24-17(23)14-10(2)15(20-11(14)3)16(22)21-19-9-12-7-5-6-8-13(12)18/h5-9,20H,4H2,1-3H3,(H,21,22)/b19-9+. The number of halogens is 1. The molecule has 1 aromatic carbocycles. The first-order valence-electron chi connectivity index (χ1n) is 7.39. The normalized spacial score (nSPS) is 10.8. The van der Waals surface area contributed by atoms with Crippen LogP contribution in [0.4, 0.5) is 0 Å². The van der Waals surface area contributed by atoms with E-state index in [2.05, 4.69) is 15.5 Å². The summed E-state index contributed by atoms with van der Waals surface area (Å²) in [6.07, 6.45) is 1.46. The molecular formula is C17H18ClN3O3. The summed E-state index contributed by atoms with van der Waals surface area (Å²) >= 11 is 6.01. The fraction of sp³-hybridized carbons (Fsp3) is 0.235. The third kappa shape index (κ3) is 3.83. The van der Waals surface area contributed by atoms with E-state index in [1.165, 1.54) is 6.21 Å². The van der Waals surface area contributed by atoms with Crippen molar-refractivity contribution in [3.05, 3.63) is 57.4 Å². The van der Waals surface area contributed by atoms with Gasteiger partial charge >= 0.3 is 5.97 Å². The smallest absolute Gasteiger partial charge is 0.340 e. The van der Waals surface area contributed by atoms with Gasteiger partial charge in [0.05, 0.1) is 18.4 Å². The van der Waals surface area contributed by atoms with Crippen LogP contribution in [-0.4, -0.2) is 29.7 Å². The van der Waals surface area contributed by atoms with E-state index in [-0.39, 0.29) is 12.3 Å². The van der Waals surface area contributed by atoms with Gasteiger partial charge in [-0.2, -0.15) is 5.10 Å². The second-order valence-electron chi connectivity index (χ2n) is 5.07. The van der Waals surface area contributed by atoms with E-state index in [0.717, 1.165) is 0 Å². The van der Waals surface area contributed by atoms with Gasteiger partial charge in [-0.25, -0.2) is 10.2 Å². The largest absolute Gasteiger partial charge is 0.462 e. The van der Waals surface area contributed by atoms with Gasteiger partial charge in [0.25, 0.3) is 5.91 Å². The molecule has 6 nitrogen and oxygen atoms in total. The maximum absolute atomic E-state index is 12.2. The van der Waals surface area contributed by atoms with Crippen LogP contribution < -0.4 is 5.43 Å². The number of amides is 1. The molecule has 7 heteroatoms. The fourth-order valence-corrected chi connectivity index (χ4v) is 2.47. The molecule has 0 aliphatic rings. The highest BCUT2D eigenvalue weighted by Crippen LogP contribution is 2.19. The monoisotopic (exact) mass is 347 g/mol. The van der Waals surface area contributed by atoms with Crippen LogP contribution in [0.3, 0.4) is 0 Å². The summed E-state index contributed by atoms with van der Waals surface area (Å²) in [4.78, 5) is 27.1. The van der Waals surface area contributed by atoms with Gasteiger partial charge < -0.3 is 9.72 Å². The van der Waals surface area contributed by atoms with Crippen molar-refractivity contribution in [2.75, 3.05) is 6.61 Å². The summed E-state index contributed by atoms with van der Waals surface area (Å²) in [5.41, 5.74) is 4.84. The molecule has 2 N–H and O–H groups in total. The molecule has 0 unspecified atom stereocenters. The zero-order chi connectivity index (χ0) is 17.7. The molecule has 2 rings (SSSR count). The first-order chi connectivity index (χ1) is 11.5. The molecule has 0 spiro atoms. The van der Waals surface area contributed by atoms with Crippen LogP contribution in [0.5, 0.6) is 0 Å². The number of aryl methyl sites for hydroxylation is 1. The second kappa shape index (κ2) is 7.79. The summed E-state index contributed by atoms with van der Waals surface area (Å²) < 4.78 is 5.00. The lowest BCUT2D eigenvalue weighted by Gasteiger charge is -2.02. The molecule has 0 aliphatic carbocycles. The molecule has 0 aliphatic heterocycles. The quantitative estimate of drug-likeness (QED) is 0.495. The van der Waals surface area contributed by atoms with Crippen LogP contribution in [0.1, 0.15) is 44.6 Å². The summed E-state index contributed by atoms with van der Waals surface area (Å²) in [7, 11) is 0. The summed E-state index contributed by atoms with van der Waals surface area (Å²) in [6, 6.07) is 7.13. The molecule has 126 valence electrons. The Morgan fingerprint density at radius 2 is 2.04 bits per heavy atom. The number of ether oxygens (including phenoxy) is 1. The molecular weight excluding hydrogens is 330 g/mol. The Morgan fingerprint density at radius 3 is 2.71 bits per heavy atom. The first kappa shape index (κ1) is 17.7. The minimum atomic E-state index is -0.456. The lowest BCUT2D eigenvalue weighted by Crippen LogP contribution is -2.19. The number of aromatic amines is 1. The predicted molar refractivity (Wildman–Crippen MR) is 92.7 cm³/mol. The topological polar surface area (TPSA) is 83.5 Å². The second-order valence-corrected chi connectivity index (χ2v) is 5.47. The third-order valence-electron chi connectivity index (χ3n) is 3.42. The Kier molecular flexibility index (Phi) is 5.76. The number of hydrogen-bond acceptors (Lipinski definition) is 4. The zero-order valence-electron chi connectivity index (χ0n) is 13.6. The van der Waals surface area contributed by atoms with Crippen molar-refractivity contribution in [3.8, 4) is 0 Å². The molecule has 1 aromatic heterocycles. The SMILES string of the molecule is CCOC(=O)c1c(C)[nH]c(C(=O)N/N=C/c2ccccc2Cl)c1C. The van der Waals surface area contributed by atoms with E-state index in [1.807, 2.05) is 6.07 Å². The highest BCUT2D eigenvalue weighted by atomic mass is 35.5. The minimum Gasteiger partial charge on any atom is -0.462 e. The molecule has 0 atom stereocenters. The van der Waals surface area contributed by atoms with Gasteiger partial charge in [-0.15, -0.1) is 0 Å². The number of esters is 1. The van der Waals surface area contributed by atoms with Crippen molar-refractivity contribution >= 4 is 29.7 Å². The van der Waals surface area contributed by atoms with Crippen LogP contribution >= 0.6 is 11.6 Å². The highest BCUT2D eigenvalue weighted by Gasteiger charge is 2.22. The summed E-state index contributed by atoms with van der Waals surface area (Å²) in [5, 5.41) is 4.43. The molecule has 0 fully saturated rings. The lowest BCUT2D eigenvalue weighted by molar-refractivity contribution is 0.0525. The van der Waals surface area contributed by atoms with Crippen LogP contribution in [0.2, 0.25) is 5.02 Å². The van der Waals surface area contributed by atoms with Gasteiger partial charge in [-0.05, 0) is 32.4 Å². The molecule has 2 aromatic rings. The highest BCUT2D eigenvalue weighted by molar-refractivity contribution is 6.33. The van der Waals surface area contributed by atoms with E-state index < -0.39 is 11.9 Å². The molecule has 1 amide bonds. The fourth-order valence-electron chi connectivity index (χ4n) is 2.28. The number of nitrogens with zero attached hydrogens (tertiary/aromatic N) is 1. The van der Waals surface area contributed by atoms with Crippen LogP contribution in [0.25, 0.3) is 0 Å². The van der Waals surface area contributed by atoms with Crippen molar-refractivity contribution in [2.24, 2.45) is 5.10 Å². The van der Waals surface area contributed by atoms with E-state index >= 15 is 0 Å². The number of carbonyl (C=O) groups excluding carboxylic acids is 2. The van der Waals surface area contributed by atoms with Crippen LogP contribution in [-0.2, 0) is 4.74 Å². The summed E-state index contributed by atoms with van der Waals surface area (Å²) in [5.74, 6) is -0.906. The van der Waals surface area contributed by atoms with E-state index in [1.54, 1.807) is 39.0 Å². The number of nitrogens with one attached hydrogen (secondary N) is 2. The van der Waals surface area contributed by atoms with Gasteiger partial charge in [0.1, 0.15) is 5.69 Å². The Balaban J connectivity index is 2.15. The van der Waals surface area contributed by atoms with Crippen molar-refractivity contribution in [1.82, 2.24) is 10.4 Å². The maximum atomic E-state index is 12.2. The number of H-pyrrole nitrogens is 1. The Labute approximate surface area is 144 Å². The van der Waals surface area contributed by atoms with Crippen molar-refractivity contribution < 1.29 is 14.3 Å². The van der Waals surface area contributed by atoms with Crippen molar-refractivity contribution in [2.45, 2.75) is 20.8 Å².